The molecule has 2 saturated heterocycles. The molecule has 0 unspecified atom stereocenters. The van der Waals surface area contributed by atoms with Crippen LogP contribution in [0.4, 0.5) is 0 Å². The number of allylic oxidation sites excluding steroid dienone is 1. The van der Waals surface area contributed by atoms with Crippen LogP contribution in [-0.4, -0.2) is 40.9 Å². The predicted octanol–water partition coefficient (Wildman–Crippen LogP) is 1.36. The molecule has 2 heterocycles. The molecule has 1 saturated carbocycles. The van der Waals surface area contributed by atoms with Gasteiger partial charge >= 0.3 is 0 Å². The molecule has 3 fully saturated rings. The van der Waals surface area contributed by atoms with Gasteiger partial charge < -0.3 is 19.7 Å². The summed E-state index contributed by atoms with van der Waals surface area (Å²) >= 11 is 0. The SMILES string of the molecule is CC1=C[C@@H]2OC[C@]3(O)C[C@]4(O)C[C@]3(C)[C@]2(CC1)CO4. The number of ether oxygens (including phenoxy) is 2. The highest BCUT2D eigenvalue weighted by atomic mass is 16.6. The average Bonchev–Trinajstić information content (AvgIpc) is 2.54. The van der Waals surface area contributed by atoms with Gasteiger partial charge in [-0.1, -0.05) is 18.6 Å². The quantitative estimate of drug-likeness (QED) is 0.650. The Labute approximate surface area is 113 Å². The molecular formula is C15H22O4. The summed E-state index contributed by atoms with van der Waals surface area (Å²) in [6.45, 7) is 5.04. The standard InChI is InChI=1S/C15H22O4/c1-10-3-4-13-8-19-15(17)6-12(13,2)14(16,7-15)9-18-11(13)5-10/h5,11,16-17H,3-4,6-9H2,1-2H3/t11-,12+,13+,14+,15-/m0/s1. The molecule has 0 aromatic heterocycles. The van der Waals surface area contributed by atoms with Crippen LogP contribution in [-0.2, 0) is 9.47 Å². The zero-order valence-electron chi connectivity index (χ0n) is 11.6. The second-order valence-electron chi connectivity index (χ2n) is 7.35. The van der Waals surface area contributed by atoms with E-state index in [9.17, 15) is 10.2 Å². The number of fused-ring (bicyclic) bond motifs is 1. The number of rotatable bonds is 0. The van der Waals surface area contributed by atoms with Crippen molar-refractivity contribution in [3.8, 4) is 0 Å². The summed E-state index contributed by atoms with van der Waals surface area (Å²) in [5.41, 5.74) is -0.132. The molecule has 0 aromatic carbocycles. The van der Waals surface area contributed by atoms with Crippen molar-refractivity contribution in [1.29, 1.82) is 0 Å². The Morgan fingerprint density at radius 3 is 2.84 bits per heavy atom. The third-order valence-electron chi connectivity index (χ3n) is 6.37. The first kappa shape index (κ1) is 12.3. The summed E-state index contributed by atoms with van der Waals surface area (Å²) in [5.74, 6) is -1.16. The zero-order valence-corrected chi connectivity index (χ0v) is 11.6. The summed E-state index contributed by atoms with van der Waals surface area (Å²) in [4.78, 5) is 0. The Morgan fingerprint density at radius 2 is 2.05 bits per heavy atom. The Morgan fingerprint density at radius 1 is 1.26 bits per heavy atom. The van der Waals surface area contributed by atoms with Crippen LogP contribution in [0.15, 0.2) is 11.6 Å². The van der Waals surface area contributed by atoms with Gasteiger partial charge in [-0.25, -0.2) is 0 Å². The van der Waals surface area contributed by atoms with Crippen molar-refractivity contribution < 1.29 is 19.7 Å². The van der Waals surface area contributed by atoms with Crippen molar-refractivity contribution >= 4 is 0 Å². The Hall–Kier alpha value is -0.420. The minimum Gasteiger partial charge on any atom is -0.387 e. The molecule has 1 spiro atoms. The first-order chi connectivity index (χ1) is 8.83. The fourth-order valence-corrected chi connectivity index (χ4v) is 5.05. The zero-order chi connectivity index (χ0) is 13.5. The molecule has 2 aliphatic heterocycles. The lowest BCUT2D eigenvalue weighted by atomic mass is 9.50. The van der Waals surface area contributed by atoms with E-state index >= 15 is 0 Å². The lowest BCUT2D eigenvalue weighted by molar-refractivity contribution is -0.301. The minimum atomic E-state index is -1.16. The van der Waals surface area contributed by atoms with Crippen LogP contribution in [0.3, 0.4) is 0 Å². The topological polar surface area (TPSA) is 58.9 Å². The fraction of sp³-hybridized carbons (Fsp3) is 0.867. The lowest BCUT2D eigenvalue weighted by Crippen LogP contribution is -2.67. The molecule has 4 heteroatoms. The van der Waals surface area contributed by atoms with Crippen molar-refractivity contribution in [3.05, 3.63) is 11.6 Å². The normalized spacial score (nSPS) is 59.6. The molecule has 4 rings (SSSR count). The molecule has 4 aliphatic rings. The highest BCUT2D eigenvalue weighted by Gasteiger charge is 2.75. The second kappa shape index (κ2) is 3.25. The van der Waals surface area contributed by atoms with Crippen LogP contribution in [0.1, 0.15) is 39.5 Å². The van der Waals surface area contributed by atoms with Gasteiger partial charge in [-0.2, -0.15) is 0 Å². The summed E-state index contributed by atoms with van der Waals surface area (Å²) in [6, 6.07) is 0. The van der Waals surface area contributed by atoms with E-state index in [1.54, 1.807) is 0 Å². The second-order valence-corrected chi connectivity index (χ2v) is 7.35. The molecule has 106 valence electrons. The summed E-state index contributed by atoms with van der Waals surface area (Å²) < 4.78 is 11.8. The first-order valence-electron chi connectivity index (χ1n) is 7.20. The monoisotopic (exact) mass is 266 g/mol. The van der Waals surface area contributed by atoms with Crippen LogP contribution >= 0.6 is 0 Å². The largest absolute Gasteiger partial charge is 0.387 e. The Balaban J connectivity index is 1.88. The summed E-state index contributed by atoms with van der Waals surface area (Å²) in [7, 11) is 0. The highest BCUT2D eigenvalue weighted by Crippen LogP contribution is 2.69. The van der Waals surface area contributed by atoms with E-state index in [1.165, 1.54) is 5.57 Å². The van der Waals surface area contributed by atoms with Crippen molar-refractivity contribution in [2.75, 3.05) is 13.2 Å². The van der Waals surface area contributed by atoms with E-state index < -0.39 is 11.4 Å². The molecule has 0 amide bonds. The molecule has 19 heavy (non-hydrogen) atoms. The van der Waals surface area contributed by atoms with Gasteiger partial charge in [-0.05, 0) is 19.8 Å². The number of hydrogen-bond acceptors (Lipinski definition) is 4. The predicted molar refractivity (Wildman–Crippen MR) is 68.4 cm³/mol. The van der Waals surface area contributed by atoms with Crippen LogP contribution in [0.2, 0.25) is 0 Å². The van der Waals surface area contributed by atoms with Crippen molar-refractivity contribution in [1.82, 2.24) is 0 Å². The third-order valence-corrected chi connectivity index (χ3v) is 6.37. The van der Waals surface area contributed by atoms with E-state index in [0.29, 0.717) is 19.6 Å². The van der Waals surface area contributed by atoms with E-state index in [1.807, 2.05) is 0 Å². The van der Waals surface area contributed by atoms with E-state index in [2.05, 4.69) is 19.9 Å². The Kier molecular flexibility index (Phi) is 2.11. The number of hydrogen-bond donors (Lipinski definition) is 2. The van der Waals surface area contributed by atoms with Crippen molar-refractivity contribution in [2.45, 2.75) is 57.0 Å². The molecular weight excluding hydrogens is 244 g/mol. The van der Waals surface area contributed by atoms with Gasteiger partial charge in [0.25, 0.3) is 0 Å². The fourth-order valence-electron chi connectivity index (χ4n) is 5.05. The number of aliphatic hydroxyl groups is 2. The van der Waals surface area contributed by atoms with Gasteiger partial charge in [-0.3, -0.25) is 0 Å². The molecule has 0 radical (unpaired) electrons. The molecule has 0 aromatic rings. The van der Waals surface area contributed by atoms with Crippen LogP contribution < -0.4 is 0 Å². The first-order valence-corrected chi connectivity index (χ1v) is 7.20. The minimum absolute atomic E-state index is 0.00850. The van der Waals surface area contributed by atoms with Crippen LogP contribution in [0.25, 0.3) is 0 Å². The smallest absolute Gasteiger partial charge is 0.168 e. The summed E-state index contributed by atoms with van der Waals surface area (Å²) in [6.07, 6.45) is 4.98. The van der Waals surface area contributed by atoms with E-state index in [4.69, 9.17) is 9.47 Å². The van der Waals surface area contributed by atoms with E-state index in [0.717, 1.165) is 12.8 Å². The molecule has 2 N–H and O–H groups in total. The lowest BCUT2D eigenvalue weighted by Gasteiger charge is -2.61. The van der Waals surface area contributed by atoms with Crippen LogP contribution in [0, 0.1) is 10.8 Å². The maximum absolute atomic E-state index is 11.0. The summed E-state index contributed by atoms with van der Waals surface area (Å²) in [5, 5.41) is 21.5. The van der Waals surface area contributed by atoms with E-state index in [-0.39, 0.29) is 23.4 Å². The highest BCUT2D eigenvalue weighted by molar-refractivity contribution is 5.27. The van der Waals surface area contributed by atoms with Gasteiger partial charge in [0.15, 0.2) is 5.79 Å². The molecule has 2 bridgehead atoms. The van der Waals surface area contributed by atoms with Gasteiger partial charge in [0.1, 0.15) is 0 Å². The van der Waals surface area contributed by atoms with Gasteiger partial charge in [-0.15, -0.1) is 0 Å². The van der Waals surface area contributed by atoms with Crippen molar-refractivity contribution in [3.63, 3.8) is 0 Å². The van der Waals surface area contributed by atoms with Crippen molar-refractivity contribution in [2.24, 2.45) is 10.8 Å². The van der Waals surface area contributed by atoms with Gasteiger partial charge in [0, 0.05) is 23.7 Å². The molecule has 5 atom stereocenters. The van der Waals surface area contributed by atoms with Crippen LogP contribution in [0.5, 0.6) is 0 Å². The molecule has 2 aliphatic carbocycles. The van der Waals surface area contributed by atoms with Gasteiger partial charge in [0.2, 0.25) is 0 Å². The third kappa shape index (κ3) is 1.24. The maximum Gasteiger partial charge on any atom is 0.168 e. The maximum atomic E-state index is 11.0. The van der Waals surface area contributed by atoms with Gasteiger partial charge in [0.05, 0.1) is 24.9 Å². The molecule has 4 nitrogen and oxygen atoms in total. The Bertz CT molecular complexity index is 475. The average molecular weight is 266 g/mol.